The first-order chi connectivity index (χ1) is 13.2. The zero-order valence-electron chi connectivity index (χ0n) is 14.0. The summed E-state index contributed by atoms with van der Waals surface area (Å²) in [6, 6.07) is 15.2. The predicted molar refractivity (Wildman–Crippen MR) is 99.0 cm³/mol. The van der Waals surface area contributed by atoms with Gasteiger partial charge < -0.3 is 14.5 Å². The van der Waals surface area contributed by atoms with Crippen LogP contribution in [-0.4, -0.2) is 15.9 Å². The van der Waals surface area contributed by atoms with Crippen molar-refractivity contribution in [3.8, 4) is 11.6 Å². The van der Waals surface area contributed by atoms with Gasteiger partial charge in [-0.05, 0) is 24.3 Å². The molecule has 0 aliphatic heterocycles. The van der Waals surface area contributed by atoms with E-state index in [9.17, 15) is 9.59 Å². The molecule has 0 spiro atoms. The van der Waals surface area contributed by atoms with Gasteiger partial charge in [-0.15, -0.1) is 0 Å². The van der Waals surface area contributed by atoms with Crippen LogP contribution in [0.3, 0.4) is 0 Å². The molecular weight excluding hydrogens is 346 g/mol. The topological polar surface area (TPSA) is 94.3 Å². The van der Waals surface area contributed by atoms with Crippen LogP contribution in [0.5, 0.6) is 11.6 Å². The second-order valence-electron chi connectivity index (χ2n) is 5.61. The van der Waals surface area contributed by atoms with Gasteiger partial charge in [-0.1, -0.05) is 24.3 Å². The number of nitrogens with zero attached hydrogens (tertiary/aromatic N) is 2. The highest BCUT2D eigenvalue weighted by atomic mass is 16.5. The number of amides is 1. The highest BCUT2D eigenvalue weighted by Gasteiger charge is 2.14. The molecule has 4 rings (SSSR count). The van der Waals surface area contributed by atoms with Gasteiger partial charge in [0, 0.05) is 29.5 Å². The Morgan fingerprint density at radius 1 is 1.04 bits per heavy atom. The molecule has 0 bridgehead atoms. The summed E-state index contributed by atoms with van der Waals surface area (Å²) in [5.41, 5.74) is 0.125. The molecule has 27 heavy (non-hydrogen) atoms. The first kappa shape index (κ1) is 16.5. The van der Waals surface area contributed by atoms with Crippen molar-refractivity contribution in [2.45, 2.75) is 0 Å². The Labute approximate surface area is 153 Å². The lowest BCUT2D eigenvalue weighted by atomic mass is 10.1. The van der Waals surface area contributed by atoms with Gasteiger partial charge in [0.1, 0.15) is 16.9 Å². The van der Waals surface area contributed by atoms with Crippen LogP contribution >= 0.6 is 0 Å². The Morgan fingerprint density at radius 3 is 2.78 bits per heavy atom. The van der Waals surface area contributed by atoms with Crippen LogP contribution in [0.1, 0.15) is 10.4 Å². The van der Waals surface area contributed by atoms with Crippen molar-refractivity contribution in [1.29, 1.82) is 0 Å². The van der Waals surface area contributed by atoms with Crippen LogP contribution in [0.25, 0.3) is 11.0 Å². The largest absolute Gasteiger partial charge is 0.437 e. The fourth-order valence-corrected chi connectivity index (χ4v) is 2.51. The summed E-state index contributed by atoms with van der Waals surface area (Å²) >= 11 is 0. The normalized spacial score (nSPS) is 10.5. The van der Waals surface area contributed by atoms with Crippen molar-refractivity contribution in [2.75, 3.05) is 5.32 Å². The molecule has 0 saturated carbocycles. The molecule has 7 heteroatoms. The molecule has 2 heterocycles. The van der Waals surface area contributed by atoms with Gasteiger partial charge in [-0.25, -0.2) is 9.78 Å². The second-order valence-corrected chi connectivity index (χ2v) is 5.61. The smallest absolute Gasteiger partial charge is 0.349 e. The third kappa shape index (κ3) is 3.67. The van der Waals surface area contributed by atoms with E-state index in [0.717, 1.165) is 0 Å². The van der Waals surface area contributed by atoms with Gasteiger partial charge in [-0.2, -0.15) is 0 Å². The van der Waals surface area contributed by atoms with Crippen molar-refractivity contribution in [2.24, 2.45) is 0 Å². The number of ether oxygens (including phenoxy) is 1. The summed E-state index contributed by atoms with van der Waals surface area (Å²) in [5.74, 6) is 0.237. The van der Waals surface area contributed by atoms with Gasteiger partial charge in [-0.3, -0.25) is 9.78 Å². The molecular formula is C20H13N3O4. The highest BCUT2D eigenvalue weighted by molar-refractivity contribution is 6.05. The van der Waals surface area contributed by atoms with E-state index in [1.165, 1.54) is 18.5 Å². The number of aromatic nitrogens is 2. The van der Waals surface area contributed by atoms with Crippen LogP contribution in [0.2, 0.25) is 0 Å². The van der Waals surface area contributed by atoms with Crippen LogP contribution in [0.4, 0.5) is 5.69 Å². The molecule has 0 aliphatic rings. The standard InChI is InChI=1S/C20H13N3O4/c24-19(16-10-13-4-1-2-7-17(13)27-20(16)25)23-14-5-3-6-15(11-14)26-18-12-21-8-9-22-18/h1-12H,(H,23,24). The molecule has 0 fully saturated rings. The molecule has 0 saturated heterocycles. The number of benzene rings is 2. The molecule has 2 aromatic heterocycles. The maximum absolute atomic E-state index is 12.5. The third-order valence-electron chi connectivity index (χ3n) is 3.74. The Morgan fingerprint density at radius 2 is 1.93 bits per heavy atom. The minimum atomic E-state index is -0.696. The lowest BCUT2D eigenvalue weighted by molar-refractivity contribution is 0.102. The van der Waals surface area contributed by atoms with E-state index in [1.54, 1.807) is 54.7 Å². The first-order valence-corrected chi connectivity index (χ1v) is 8.07. The van der Waals surface area contributed by atoms with Gasteiger partial charge in [0.2, 0.25) is 5.88 Å². The molecule has 0 aliphatic carbocycles. The number of rotatable bonds is 4. The van der Waals surface area contributed by atoms with Crippen molar-refractivity contribution in [1.82, 2.24) is 9.97 Å². The van der Waals surface area contributed by atoms with E-state index >= 15 is 0 Å². The maximum Gasteiger partial charge on any atom is 0.349 e. The quantitative estimate of drug-likeness (QED) is 0.559. The van der Waals surface area contributed by atoms with Crippen molar-refractivity contribution >= 4 is 22.6 Å². The lowest BCUT2D eigenvalue weighted by Crippen LogP contribution is -2.20. The SMILES string of the molecule is O=C(Nc1cccc(Oc2cnccn2)c1)c1cc2ccccc2oc1=O. The molecule has 1 amide bonds. The van der Waals surface area contributed by atoms with Crippen LogP contribution in [0, 0.1) is 0 Å². The Hall–Kier alpha value is -4.00. The lowest BCUT2D eigenvalue weighted by Gasteiger charge is -2.08. The molecule has 7 nitrogen and oxygen atoms in total. The van der Waals surface area contributed by atoms with E-state index in [2.05, 4.69) is 15.3 Å². The monoisotopic (exact) mass is 359 g/mol. The molecule has 0 radical (unpaired) electrons. The van der Waals surface area contributed by atoms with Crippen molar-refractivity contribution < 1.29 is 13.9 Å². The van der Waals surface area contributed by atoms with E-state index in [1.807, 2.05) is 0 Å². The summed E-state index contributed by atoms with van der Waals surface area (Å²) in [7, 11) is 0. The molecule has 4 aromatic rings. The molecule has 0 unspecified atom stereocenters. The summed E-state index contributed by atoms with van der Waals surface area (Å²) in [5, 5.41) is 3.34. The minimum Gasteiger partial charge on any atom is -0.437 e. The minimum absolute atomic E-state index is 0.0750. The number of hydrogen-bond acceptors (Lipinski definition) is 6. The van der Waals surface area contributed by atoms with Crippen LogP contribution < -0.4 is 15.7 Å². The van der Waals surface area contributed by atoms with E-state index < -0.39 is 11.5 Å². The molecule has 132 valence electrons. The average Bonchev–Trinajstić information content (AvgIpc) is 2.68. The zero-order valence-corrected chi connectivity index (χ0v) is 14.0. The van der Waals surface area contributed by atoms with Crippen molar-refractivity contribution in [3.63, 3.8) is 0 Å². The summed E-state index contributed by atoms with van der Waals surface area (Å²) in [6.45, 7) is 0. The number of anilines is 1. The first-order valence-electron chi connectivity index (χ1n) is 8.07. The Kier molecular flexibility index (Phi) is 4.32. The van der Waals surface area contributed by atoms with Crippen molar-refractivity contribution in [3.05, 3.63) is 89.2 Å². The van der Waals surface area contributed by atoms with Crippen LogP contribution in [-0.2, 0) is 0 Å². The van der Waals surface area contributed by atoms with E-state index in [4.69, 9.17) is 9.15 Å². The summed E-state index contributed by atoms with van der Waals surface area (Å²) in [4.78, 5) is 32.6. The van der Waals surface area contributed by atoms with Gasteiger partial charge in [0.05, 0.1) is 6.20 Å². The summed E-state index contributed by atoms with van der Waals surface area (Å²) in [6.07, 6.45) is 4.53. The van der Waals surface area contributed by atoms with Crippen LogP contribution in [0.15, 0.2) is 82.4 Å². The average molecular weight is 359 g/mol. The maximum atomic E-state index is 12.5. The number of carbonyl (C=O) groups is 1. The number of hydrogen-bond donors (Lipinski definition) is 1. The summed E-state index contributed by atoms with van der Waals surface area (Å²) < 4.78 is 10.8. The number of carbonyl (C=O) groups excluding carboxylic acids is 1. The second kappa shape index (κ2) is 7.09. The molecule has 0 atom stereocenters. The molecule has 1 N–H and O–H groups in total. The number of para-hydroxylation sites is 1. The number of nitrogens with one attached hydrogen (secondary N) is 1. The Balaban J connectivity index is 1.57. The van der Waals surface area contributed by atoms with Gasteiger partial charge >= 0.3 is 5.63 Å². The van der Waals surface area contributed by atoms with E-state index in [0.29, 0.717) is 28.3 Å². The Bertz CT molecular complexity index is 1170. The molecule has 2 aromatic carbocycles. The highest BCUT2D eigenvalue weighted by Crippen LogP contribution is 2.22. The zero-order chi connectivity index (χ0) is 18.6. The van der Waals surface area contributed by atoms with Gasteiger partial charge in [0.25, 0.3) is 5.91 Å². The predicted octanol–water partition coefficient (Wildman–Crippen LogP) is 3.63. The fraction of sp³-hybridized carbons (Fsp3) is 0. The number of fused-ring (bicyclic) bond motifs is 1. The third-order valence-corrected chi connectivity index (χ3v) is 3.74. The van der Waals surface area contributed by atoms with Gasteiger partial charge in [0.15, 0.2) is 0 Å². The van der Waals surface area contributed by atoms with E-state index in [-0.39, 0.29) is 5.56 Å². The fourth-order valence-electron chi connectivity index (χ4n) is 2.51.